The maximum Gasteiger partial charge on any atom is 0.371 e. The molecule has 106 valence electrons. The normalized spacial score (nSPS) is 11.5. The molecule has 0 spiro atoms. The van der Waals surface area contributed by atoms with Gasteiger partial charge in [0.25, 0.3) is 5.91 Å². The first-order chi connectivity index (χ1) is 8.74. The van der Waals surface area contributed by atoms with Crippen LogP contribution in [0, 0.1) is 0 Å². The molecule has 0 saturated carbocycles. The summed E-state index contributed by atoms with van der Waals surface area (Å²) in [4.78, 5) is 22.1. The van der Waals surface area contributed by atoms with Gasteiger partial charge in [-0.1, -0.05) is 0 Å². The summed E-state index contributed by atoms with van der Waals surface area (Å²) in [5, 5.41) is 10.9. The second kappa shape index (κ2) is 5.85. The van der Waals surface area contributed by atoms with E-state index in [0.29, 0.717) is 0 Å². The van der Waals surface area contributed by atoms with Crippen molar-refractivity contribution in [2.24, 2.45) is 0 Å². The molecule has 1 aromatic rings. The van der Waals surface area contributed by atoms with E-state index < -0.39 is 21.9 Å². The number of sulfonamides is 1. The highest BCUT2D eigenvalue weighted by molar-refractivity contribution is 7.89. The fraction of sp³-hybridized carbons (Fsp3) is 0.400. The zero-order valence-corrected chi connectivity index (χ0v) is 11.2. The lowest BCUT2D eigenvalue weighted by Gasteiger charge is -2.10. The lowest BCUT2D eigenvalue weighted by Crippen LogP contribution is -2.33. The summed E-state index contributed by atoms with van der Waals surface area (Å²) in [6.45, 7) is -0.0948. The molecule has 1 rings (SSSR count). The lowest BCUT2D eigenvalue weighted by atomic mass is 10.4. The first-order valence-electron chi connectivity index (χ1n) is 5.25. The van der Waals surface area contributed by atoms with Gasteiger partial charge in [-0.25, -0.2) is 17.5 Å². The first-order valence-corrected chi connectivity index (χ1v) is 6.86. The first kappa shape index (κ1) is 15.2. The van der Waals surface area contributed by atoms with Gasteiger partial charge >= 0.3 is 5.97 Å². The molecule has 1 amide bonds. The summed E-state index contributed by atoms with van der Waals surface area (Å²) < 4.78 is 28.6. The van der Waals surface area contributed by atoms with E-state index in [9.17, 15) is 18.0 Å². The minimum Gasteiger partial charge on any atom is -0.475 e. The van der Waals surface area contributed by atoms with Crippen LogP contribution in [0.25, 0.3) is 0 Å². The van der Waals surface area contributed by atoms with Gasteiger partial charge in [0.15, 0.2) is 5.76 Å². The number of aromatic carboxylic acids is 1. The van der Waals surface area contributed by atoms with E-state index in [2.05, 4.69) is 5.32 Å². The van der Waals surface area contributed by atoms with Crippen LogP contribution in [0.1, 0.15) is 21.1 Å². The number of amides is 1. The van der Waals surface area contributed by atoms with Crippen LogP contribution in [0.15, 0.2) is 16.5 Å². The molecule has 0 aliphatic rings. The second-order valence-electron chi connectivity index (χ2n) is 3.82. The van der Waals surface area contributed by atoms with Crippen LogP contribution in [0.5, 0.6) is 0 Å². The molecule has 19 heavy (non-hydrogen) atoms. The van der Waals surface area contributed by atoms with Gasteiger partial charge in [-0.3, -0.25) is 4.79 Å². The Hall–Kier alpha value is -1.87. The molecule has 0 bridgehead atoms. The van der Waals surface area contributed by atoms with Crippen LogP contribution in [0.4, 0.5) is 0 Å². The Morgan fingerprint density at radius 2 is 1.89 bits per heavy atom. The quantitative estimate of drug-likeness (QED) is 0.736. The molecule has 1 aromatic heterocycles. The van der Waals surface area contributed by atoms with E-state index in [1.165, 1.54) is 20.2 Å². The Bertz CT molecular complexity index is 575. The number of hydrogen-bond donors (Lipinski definition) is 2. The molecule has 9 heteroatoms. The summed E-state index contributed by atoms with van der Waals surface area (Å²) in [5.74, 6) is -2.74. The molecule has 1 heterocycles. The van der Waals surface area contributed by atoms with E-state index >= 15 is 0 Å². The lowest BCUT2D eigenvalue weighted by molar-refractivity contribution is 0.0659. The van der Waals surface area contributed by atoms with E-state index in [-0.39, 0.29) is 23.8 Å². The van der Waals surface area contributed by atoms with Crippen molar-refractivity contribution in [2.45, 2.75) is 0 Å². The van der Waals surface area contributed by atoms with Crippen LogP contribution in [0.3, 0.4) is 0 Å². The second-order valence-corrected chi connectivity index (χ2v) is 6.13. The van der Waals surface area contributed by atoms with Crippen molar-refractivity contribution >= 4 is 21.9 Å². The molecular formula is C10H14N2O6S. The predicted molar refractivity (Wildman–Crippen MR) is 65.5 cm³/mol. The SMILES string of the molecule is CN(C)S(=O)(=O)CCNC(=O)c1ccc(C(=O)O)o1. The minimum absolute atomic E-state index is 0.0948. The van der Waals surface area contributed by atoms with Gasteiger partial charge in [-0.15, -0.1) is 0 Å². The number of carboxylic acids is 1. The molecule has 2 N–H and O–H groups in total. The van der Waals surface area contributed by atoms with Crippen molar-refractivity contribution < 1.29 is 27.5 Å². The van der Waals surface area contributed by atoms with Gasteiger partial charge in [0, 0.05) is 20.6 Å². The molecule has 0 fully saturated rings. The number of nitrogens with zero attached hydrogens (tertiary/aromatic N) is 1. The fourth-order valence-corrected chi connectivity index (χ4v) is 1.86. The Morgan fingerprint density at radius 3 is 2.37 bits per heavy atom. The number of carboxylic acid groups (broad SMARTS) is 1. The highest BCUT2D eigenvalue weighted by Gasteiger charge is 2.17. The summed E-state index contributed by atoms with van der Waals surface area (Å²) in [6.07, 6.45) is 0. The highest BCUT2D eigenvalue weighted by atomic mass is 32.2. The molecule has 0 aliphatic carbocycles. The summed E-state index contributed by atoms with van der Waals surface area (Å²) >= 11 is 0. The highest BCUT2D eigenvalue weighted by Crippen LogP contribution is 2.07. The van der Waals surface area contributed by atoms with Gasteiger partial charge in [0.2, 0.25) is 15.8 Å². The standard InChI is InChI=1S/C10H14N2O6S/c1-12(2)19(16,17)6-5-11-9(13)7-3-4-8(18-7)10(14)15/h3-4H,5-6H2,1-2H3,(H,11,13)(H,14,15). The largest absolute Gasteiger partial charge is 0.475 e. The minimum atomic E-state index is -3.39. The van der Waals surface area contributed by atoms with Crippen LogP contribution < -0.4 is 5.32 Å². The molecule has 0 atom stereocenters. The molecule has 8 nitrogen and oxygen atoms in total. The van der Waals surface area contributed by atoms with Crippen molar-refractivity contribution in [3.63, 3.8) is 0 Å². The third kappa shape index (κ3) is 4.07. The van der Waals surface area contributed by atoms with Crippen molar-refractivity contribution in [1.29, 1.82) is 0 Å². The number of nitrogens with one attached hydrogen (secondary N) is 1. The maximum absolute atomic E-state index is 11.5. The van der Waals surface area contributed by atoms with Gasteiger partial charge in [-0.05, 0) is 12.1 Å². The van der Waals surface area contributed by atoms with Gasteiger partial charge in [0.05, 0.1) is 5.75 Å². The Kier molecular flexibility index (Phi) is 4.67. The van der Waals surface area contributed by atoms with E-state index in [1.54, 1.807) is 0 Å². The average molecular weight is 290 g/mol. The zero-order chi connectivity index (χ0) is 14.6. The molecule has 0 radical (unpaired) electrons. The molecule has 0 aliphatic heterocycles. The van der Waals surface area contributed by atoms with Crippen molar-refractivity contribution in [3.05, 3.63) is 23.7 Å². The Labute approximate surface area is 110 Å². The Morgan fingerprint density at radius 1 is 1.32 bits per heavy atom. The fourth-order valence-electron chi connectivity index (χ4n) is 1.14. The van der Waals surface area contributed by atoms with Crippen molar-refractivity contribution in [3.8, 4) is 0 Å². The smallest absolute Gasteiger partial charge is 0.371 e. The summed E-state index contributed by atoms with van der Waals surface area (Å²) in [6, 6.07) is 2.35. The number of hydrogen-bond acceptors (Lipinski definition) is 5. The third-order valence-corrected chi connectivity index (χ3v) is 4.08. The number of furan rings is 1. The van der Waals surface area contributed by atoms with E-state index in [1.807, 2.05) is 0 Å². The van der Waals surface area contributed by atoms with E-state index in [4.69, 9.17) is 9.52 Å². The molecular weight excluding hydrogens is 276 g/mol. The third-order valence-electron chi connectivity index (χ3n) is 2.24. The zero-order valence-electron chi connectivity index (χ0n) is 10.4. The van der Waals surface area contributed by atoms with Crippen LogP contribution in [0.2, 0.25) is 0 Å². The molecule has 0 saturated heterocycles. The van der Waals surface area contributed by atoms with Gasteiger partial charge in [-0.2, -0.15) is 0 Å². The number of rotatable bonds is 6. The summed E-state index contributed by atoms with van der Waals surface area (Å²) in [5.41, 5.74) is 0. The predicted octanol–water partition coefficient (Wildman–Crippen LogP) is -0.401. The van der Waals surface area contributed by atoms with Crippen LogP contribution >= 0.6 is 0 Å². The van der Waals surface area contributed by atoms with Crippen LogP contribution in [-0.4, -0.2) is 56.1 Å². The molecule has 0 aromatic carbocycles. The topological polar surface area (TPSA) is 117 Å². The van der Waals surface area contributed by atoms with Crippen LogP contribution in [-0.2, 0) is 10.0 Å². The van der Waals surface area contributed by atoms with Crippen molar-refractivity contribution in [1.82, 2.24) is 9.62 Å². The number of carbonyl (C=O) groups excluding carboxylic acids is 1. The summed E-state index contributed by atoms with van der Waals surface area (Å²) in [7, 11) is -0.607. The Balaban J connectivity index is 2.54. The van der Waals surface area contributed by atoms with Crippen molar-refractivity contribution in [2.75, 3.05) is 26.4 Å². The average Bonchev–Trinajstić information content (AvgIpc) is 2.77. The maximum atomic E-state index is 11.5. The van der Waals surface area contributed by atoms with Gasteiger partial charge < -0.3 is 14.8 Å². The number of carbonyl (C=O) groups is 2. The van der Waals surface area contributed by atoms with Gasteiger partial charge in [0.1, 0.15) is 0 Å². The molecule has 0 unspecified atom stereocenters. The van der Waals surface area contributed by atoms with E-state index in [0.717, 1.165) is 10.4 Å². The monoisotopic (exact) mass is 290 g/mol.